The van der Waals surface area contributed by atoms with Crippen LogP contribution in [-0.4, -0.2) is 17.8 Å². The van der Waals surface area contributed by atoms with Crippen LogP contribution < -0.4 is 4.74 Å². The Morgan fingerprint density at radius 2 is 1.95 bits per heavy atom. The second-order valence-corrected chi connectivity index (χ2v) is 4.25. The standard InChI is InChI=1S/C16H13NO4/c1-21-13-6-4-5-12(11-13)9-10-16(18)14-7-2-3-8-15(14)17(19)20/h2-11H,1H3. The van der Waals surface area contributed by atoms with Crippen LogP contribution in [0.5, 0.6) is 5.75 Å². The minimum absolute atomic E-state index is 0.0710. The molecule has 0 heterocycles. The number of hydrogen-bond acceptors (Lipinski definition) is 4. The van der Waals surface area contributed by atoms with Crippen molar-refractivity contribution in [3.63, 3.8) is 0 Å². The number of nitrogens with zero attached hydrogens (tertiary/aromatic N) is 1. The van der Waals surface area contributed by atoms with Gasteiger partial charge in [0.25, 0.3) is 5.69 Å². The first-order chi connectivity index (χ1) is 10.1. The molecule has 0 atom stereocenters. The van der Waals surface area contributed by atoms with Gasteiger partial charge in [-0.1, -0.05) is 30.3 Å². The van der Waals surface area contributed by atoms with Crippen molar-refractivity contribution in [2.75, 3.05) is 7.11 Å². The molecule has 5 heteroatoms. The van der Waals surface area contributed by atoms with Crippen molar-refractivity contribution < 1.29 is 14.5 Å². The minimum atomic E-state index is -0.563. The van der Waals surface area contributed by atoms with E-state index in [-0.39, 0.29) is 11.3 Å². The predicted octanol–water partition coefficient (Wildman–Crippen LogP) is 3.50. The summed E-state index contributed by atoms with van der Waals surface area (Å²) in [5.41, 5.74) is 0.653. The molecule has 0 spiro atoms. The van der Waals surface area contributed by atoms with Crippen LogP contribution in [0.25, 0.3) is 6.08 Å². The molecule has 106 valence electrons. The summed E-state index contributed by atoms with van der Waals surface area (Å²) in [4.78, 5) is 22.4. The minimum Gasteiger partial charge on any atom is -0.497 e. The molecule has 5 nitrogen and oxygen atoms in total. The topological polar surface area (TPSA) is 69.4 Å². The number of carbonyl (C=O) groups is 1. The van der Waals surface area contributed by atoms with Crippen molar-refractivity contribution >= 4 is 17.5 Å². The van der Waals surface area contributed by atoms with Crippen LogP contribution in [0, 0.1) is 10.1 Å². The lowest BCUT2D eigenvalue weighted by Gasteiger charge is -2.00. The molecule has 0 unspecified atom stereocenters. The highest BCUT2D eigenvalue weighted by atomic mass is 16.6. The summed E-state index contributed by atoms with van der Waals surface area (Å²) in [5, 5.41) is 10.9. The third-order valence-corrected chi connectivity index (χ3v) is 2.89. The predicted molar refractivity (Wildman–Crippen MR) is 79.5 cm³/mol. The van der Waals surface area contributed by atoms with Crippen LogP contribution in [0.1, 0.15) is 15.9 Å². The molecule has 2 rings (SSSR count). The number of nitro benzene ring substituents is 1. The first kappa shape index (κ1) is 14.5. The van der Waals surface area contributed by atoms with Crippen molar-refractivity contribution in [3.8, 4) is 5.75 Å². The Kier molecular flexibility index (Phi) is 4.46. The first-order valence-electron chi connectivity index (χ1n) is 6.21. The average Bonchev–Trinajstić information content (AvgIpc) is 2.52. The van der Waals surface area contributed by atoms with E-state index in [0.717, 1.165) is 5.56 Å². The Labute approximate surface area is 121 Å². The number of para-hydroxylation sites is 1. The van der Waals surface area contributed by atoms with E-state index in [4.69, 9.17) is 4.74 Å². The van der Waals surface area contributed by atoms with Gasteiger partial charge in [-0.15, -0.1) is 0 Å². The molecule has 2 aromatic rings. The van der Waals surface area contributed by atoms with Gasteiger partial charge in [-0.3, -0.25) is 14.9 Å². The van der Waals surface area contributed by atoms with Gasteiger partial charge in [-0.2, -0.15) is 0 Å². The maximum Gasteiger partial charge on any atom is 0.280 e. The maximum absolute atomic E-state index is 12.1. The summed E-state index contributed by atoms with van der Waals surface area (Å²) in [6.07, 6.45) is 2.92. The Bertz CT molecular complexity index is 707. The normalized spacial score (nSPS) is 10.5. The Morgan fingerprint density at radius 3 is 2.67 bits per heavy atom. The molecule has 0 N–H and O–H groups in total. The van der Waals surface area contributed by atoms with Gasteiger partial charge < -0.3 is 4.74 Å². The van der Waals surface area contributed by atoms with Crippen molar-refractivity contribution in [2.24, 2.45) is 0 Å². The zero-order valence-corrected chi connectivity index (χ0v) is 11.4. The molecular formula is C16H13NO4. The van der Waals surface area contributed by atoms with E-state index >= 15 is 0 Å². The summed E-state index contributed by atoms with van der Waals surface area (Å²) < 4.78 is 5.09. The van der Waals surface area contributed by atoms with Crippen molar-refractivity contribution in [1.29, 1.82) is 0 Å². The van der Waals surface area contributed by atoms with Crippen LogP contribution in [0.3, 0.4) is 0 Å². The summed E-state index contributed by atoms with van der Waals surface area (Å²) in [7, 11) is 1.56. The van der Waals surface area contributed by atoms with E-state index in [0.29, 0.717) is 5.75 Å². The van der Waals surface area contributed by atoms with Gasteiger partial charge in [0.1, 0.15) is 5.75 Å². The van der Waals surface area contributed by atoms with Crippen LogP contribution in [0.2, 0.25) is 0 Å². The molecule has 0 bridgehead atoms. The Morgan fingerprint density at radius 1 is 1.19 bits per heavy atom. The van der Waals surface area contributed by atoms with E-state index in [9.17, 15) is 14.9 Å². The van der Waals surface area contributed by atoms with E-state index < -0.39 is 10.7 Å². The first-order valence-corrected chi connectivity index (χ1v) is 6.21. The third-order valence-electron chi connectivity index (χ3n) is 2.89. The van der Waals surface area contributed by atoms with E-state index in [1.54, 1.807) is 37.5 Å². The van der Waals surface area contributed by atoms with Crippen molar-refractivity contribution in [3.05, 3.63) is 75.8 Å². The second-order valence-electron chi connectivity index (χ2n) is 4.25. The molecule has 21 heavy (non-hydrogen) atoms. The SMILES string of the molecule is COc1cccc(C=CC(=O)c2ccccc2[N+](=O)[O-])c1. The number of allylic oxidation sites excluding steroid dienone is 1. The number of benzene rings is 2. The quantitative estimate of drug-likeness (QED) is 0.364. The number of methoxy groups -OCH3 is 1. The van der Waals surface area contributed by atoms with Gasteiger partial charge in [0, 0.05) is 6.07 Å². The van der Waals surface area contributed by atoms with Gasteiger partial charge in [0.2, 0.25) is 0 Å². The van der Waals surface area contributed by atoms with Crippen LogP contribution in [-0.2, 0) is 0 Å². The maximum atomic E-state index is 12.1. The largest absolute Gasteiger partial charge is 0.497 e. The highest BCUT2D eigenvalue weighted by molar-refractivity contribution is 6.09. The Hall–Kier alpha value is -2.95. The van der Waals surface area contributed by atoms with Gasteiger partial charge in [0.15, 0.2) is 5.78 Å². The third kappa shape index (κ3) is 3.54. The fourth-order valence-electron chi connectivity index (χ4n) is 1.85. The lowest BCUT2D eigenvalue weighted by Crippen LogP contribution is -2.00. The number of hydrogen-bond donors (Lipinski definition) is 0. The zero-order valence-electron chi connectivity index (χ0n) is 11.4. The smallest absolute Gasteiger partial charge is 0.280 e. The average molecular weight is 283 g/mol. The number of ketones is 1. The number of carbonyl (C=O) groups excluding carboxylic acids is 1. The summed E-state index contributed by atoms with van der Waals surface area (Å²) in [6.45, 7) is 0. The lowest BCUT2D eigenvalue weighted by atomic mass is 10.1. The molecule has 0 aliphatic heterocycles. The second kappa shape index (κ2) is 6.47. The van der Waals surface area contributed by atoms with Gasteiger partial charge in [0.05, 0.1) is 17.6 Å². The molecule has 0 saturated heterocycles. The summed E-state index contributed by atoms with van der Waals surface area (Å²) >= 11 is 0. The summed E-state index contributed by atoms with van der Waals surface area (Å²) in [6, 6.07) is 13.0. The van der Waals surface area contributed by atoms with Crippen LogP contribution in [0.15, 0.2) is 54.6 Å². The fourth-order valence-corrected chi connectivity index (χ4v) is 1.85. The zero-order chi connectivity index (χ0) is 15.2. The van der Waals surface area contributed by atoms with Gasteiger partial charge in [-0.05, 0) is 29.8 Å². The van der Waals surface area contributed by atoms with Crippen LogP contribution in [0.4, 0.5) is 5.69 Å². The molecule has 0 aliphatic carbocycles. The molecule has 0 aromatic heterocycles. The van der Waals surface area contributed by atoms with Crippen molar-refractivity contribution in [1.82, 2.24) is 0 Å². The summed E-state index contributed by atoms with van der Waals surface area (Å²) in [5.74, 6) is 0.264. The highest BCUT2D eigenvalue weighted by Crippen LogP contribution is 2.19. The molecule has 0 aliphatic rings. The molecular weight excluding hydrogens is 270 g/mol. The number of nitro groups is 1. The number of ether oxygens (including phenoxy) is 1. The molecule has 0 fully saturated rings. The molecule has 2 aromatic carbocycles. The number of rotatable bonds is 5. The van der Waals surface area contributed by atoms with E-state index in [1.165, 1.54) is 24.3 Å². The van der Waals surface area contributed by atoms with Crippen molar-refractivity contribution in [2.45, 2.75) is 0 Å². The lowest BCUT2D eigenvalue weighted by molar-refractivity contribution is -0.385. The fraction of sp³-hybridized carbons (Fsp3) is 0.0625. The highest BCUT2D eigenvalue weighted by Gasteiger charge is 2.16. The monoisotopic (exact) mass is 283 g/mol. The van der Waals surface area contributed by atoms with E-state index in [2.05, 4.69) is 0 Å². The Balaban J connectivity index is 2.25. The van der Waals surface area contributed by atoms with Crippen LogP contribution >= 0.6 is 0 Å². The molecule has 0 saturated carbocycles. The molecule has 0 amide bonds. The van der Waals surface area contributed by atoms with Gasteiger partial charge in [-0.25, -0.2) is 0 Å². The van der Waals surface area contributed by atoms with Gasteiger partial charge >= 0.3 is 0 Å². The van der Waals surface area contributed by atoms with E-state index in [1.807, 2.05) is 6.07 Å². The molecule has 0 radical (unpaired) electrons.